The Balaban J connectivity index is 0.00000256. The number of guanidine groups is 1. The summed E-state index contributed by atoms with van der Waals surface area (Å²) in [5.74, 6) is 0.902. The maximum Gasteiger partial charge on any atom is 0.194 e. The molecular weight excluding hydrogens is 495 g/mol. The molecule has 0 spiro atoms. The molecular formula is C21H31IN6O2. The normalized spacial score (nSPS) is 20.1. The van der Waals surface area contributed by atoms with Gasteiger partial charge in [-0.15, -0.1) is 24.0 Å². The number of nitrogens with zero attached hydrogens (tertiary/aromatic N) is 5. The number of ether oxygens (including phenoxy) is 2. The standard InChI is InChI=1S/C21H30N6O2.HI/c1-22-21(27-9-12-29-20(16-27)18-14-24-25(2)15-18)23-13-17-3-5-19(6-4-17)26-7-10-28-11-8-26;/h3-6,14-15,20H,7-13,16H2,1-2H3,(H,22,23);1H. The highest BCUT2D eigenvalue weighted by molar-refractivity contribution is 14.0. The lowest BCUT2D eigenvalue weighted by Crippen LogP contribution is -2.47. The van der Waals surface area contributed by atoms with Crippen LogP contribution < -0.4 is 10.2 Å². The smallest absolute Gasteiger partial charge is 0.194 e. The summed E-state index contributed by atoms with van der Waals surface area (Å²) in [5, 5.41) is 7.76. The zero-order valence-electron chi connectivity index (χ0n) is 17.7. The number of aliphatic imine (C=N–C) groups is 1. The number of nitrogens with one attached hydrogen (secondary N) is 1. The van der Waals surface area contributed by atoms with E-state index in [1.54, 1.807) is 0 Å². The van der Waals surface area contributed by atoms with E-state index in [2.05, 4.69) is 49.5 Å². The third-order valence-electron chi connectivity index (χ3n) is 5.44. The van der Waals surface area contributed by atoms with E-state index < -0.39 is 0 Å². The highest BCUT2D eigenvalue weighted by atomic mass is 127. The zero-order valence-corrected chi connectivity index (χ0v) is 20.0. The zero-order chi connectivity index (χ0) is 20.1. The molecule has 1 unspecified atom stereocenters. The van der Waals surface area contributed by atoms with Gasteiger partial charge in [0.15, 0.2) is 5.96 Å². The quantitative estimate of drug-likeness (QED) is 0.374. The Morgan fingerprint density at radius 3 is 2.60 bits per heavy atom. The molecule has 2 aliphatic rings. The largest absolute Gasteiger partial charge is 0.378 e. The minimum absolute atomic E-state index is 0. The first-order valence-electron chi connectivity index (χ1n) is 10.2. The van der Waals surface area contributed by atoms with Crippen molar-refractivity contribution in [1.82, 2.24) is 20.0 Å². The number of rotatable bonds is 4. The predicted molar refractivity (Wildman–Crippen MR) is 129 cm³/mol. The molecule has 4 rings (SSSR count). The number of halogens is 1. The van der Waals surface area contributed by atoms with Crippen molar-refractivity contribution in [3.8, 4) is 0 Å². The van der Waals surface area contributed by atoms with Gasteiger partial charge in [0.25, 0.3) is 0 Å². The van der Waals surface area contributed by atoms with Crippen molar-refractivity contribution in [2.24, 2.45) is 12.0 Å². The maximum atomic E-state index is 5.94. The molecule has 164 valence electrons. The summed E-state index contributed by atoms with van der Waals surface area (Å²) in [6, 6.07) is 8.75. The van der Waals surface area contributed by atoms with Crippen LogP contribution in [0.1, 0.15) is 17.2 Å². The molecule has 9 heteroatoms. The highest BCUT2D eigenvalue weighted by Crippen LogP contribution is 2.22. The van der Waals surface area contributed by atoms with Gasteiger partial charge in [-0.2, -0.15) is 5.10 Å². The fraction of sp³-hybridized carbons (Fsp3) is 0.524. The van der Waals surface area contributed by atoms with Crippen LogP contribution in [-0.4, -0.2) is 73.7 Å². The number of anilines is 1. The average molecular weight is 526 g/mol. The van der Waals surface area contributed by atoms with Crippen LogP contribution in [0.5, 0.6) is 0 Å². The lowest BCUT2D eigenvalue weighted by Gasteiger charge is -2.34. The van der Waals surface area contributed by atoms with E-state index in [0.29, 0.717) is 6.61 Å². The topological polar surface area (TPSA) is 67.2 Å². The van der Waals surface area contributed by atoms with Crippen LogP contribution >= 0.6 is 24.0 Å². The van der Waals surface area contributed by atoms with Gasteiger partial charge in [-0.3, -0.25) is 9.67 Å². The lowest BCUT2D eigenvalue weighted by molar-refractivity contribution is -0.00805. The number of hydrogen-bond donors (Lipinski definition) is 1. The predicted octanol–water partition coefficient (Wildman–Crippen LogP) is 2.02. The van der Waals surface area contributed by atoms with Crippen LogP contribution in [0.15, 0.2) is 41.7 Å². The molecule has 1 aromatic heterocycles. The van der Waals surface area contributed by atoms with Gasteiger partial charge in [0, 0.05) is 57.7 Å². The van der Waals surface area contributed by atoms with Crippen molar-refractivity contribution in [3.05, 3.63) is 47.8 Å². The number of aromatic nitrogens is 2. The molecule has 2 aromatic rings. The third kappa shape index (κ3) is 5.64. The van der Waals surface area contributed by atoms with E-state index in [1.165, 1.54) is 11.3 Å². The van der Waals surface area contributed by atoms with E-state index in [-0.39, 0.29) is 30.1 Å². The van der Waals surface area contributed by atoms with E-state index >= 15 is 0 Å². The molecule has 1 aromatic carbocycles. The van der Waals surface area contributed by atoms with Gasteiger partial charge < -0.3 is 24.6 Å². The van der Waals surface area contributed by atoms with E-state index in [4.69, 9.17) is 9.47 Å². The molecule has 1 N–H and O–H groups in total. The molecule has 0 aliphatic carbocycles. The van der Waals surface area contributed by atoms with Crippen LogP contribution in [0.2, 0.25) is 0 Å². The van der Waals surface area contributed by atoms with Crippen LogP contribution in [-0.2, 0) is 23.1 Å². The van der Waals surface area contributed by atoms with Crippen LogP contribution in [0.3, 0.4) is 0 Å². The van der Waals surface area contributed by atoms with E-state index in [0.717, 1.165) is 57.5 Å². The monoisotopic (exact) mass is 526 g/mol. The molecule has 0 bridgehead atoms. The molecule has 1 atom stereocenters. The van der Waals surface area contributed by atoms with Crippen LogP contribution in [0.25, 0.3) is 0 Å². The first-order chi connectivity index (χ1) is 14.2. The van der Waals surface area contributed by atoms with Crippen molar-refractivity contribution in [2.45, 2.75) is 12.6 Å². The Morgan fingerprint density at radius 2 is 1.93 bits per heavy atom. The summed E-state index contributed by atoms with van der Waals surface area (Å²) in [6.45, 7) is 6.53. The van der Waals surface area contributed by atoms with Gasteiger partial charge in [-0.25, -0.2) is 0 Å². The Kier molecular flexibility index (Phi) is 8.34. The van der Waals surface area contributed by atoms with Gasteiger partial charge in [0.2, 0.25) is 0 Å². The highest BCUT2D eigenvalue weighted by Gasteiger charge is 2.25. The summed E-state index contributed by atoms with van der Waals surface area (Å²) in [5.41, 5.74) is 3.60. The SMILES string of the molecule is CN=C(NCc1ccc(N2CCOCC2)cc1)N1CCOC(c2cnn(C)c2)C1.I. The molecule has 2 aliphatic heterocycles. The molecule has 0 amide bonds. The first kappa shape index (κ1) is 22.8. The molecule has 2 saturated heterocycles. The fourth-order valence-electron chi connectivity index (χ4n) is 3.81. The molecule has 2 fully saturated rings. The summed E-state index contributed by atoms with van der Waals surface area (Å²) in [4.78, 5) is 9.10. The Labute approximate surface area is 195 Å². The Bertz CT molecular complexity index is 819. The molecule has 3 heterocycles. The van der Waals surface area contributed by atoms with E-state index in [1.807, 2.05) is 31.2 Å². The number of aryl methyl sites for hydroxylation is 1. The summed E-state index contributed by atoms with van der Waals surface area (Å²) in [6.07, 6.45) is 3.91. The van der Waals surface area contributed by atoms with Gasteiger partial charge in [0.1, 0.15) is 6.10 Å². The molecule has 0 radical (unpaired) electrons. The fourth-order valence-corrected chi connectivity index (χ4v) is 3.81. The second kappa shape index (κ2) is 11.0. The van der Waals surface area contributed by atoms with Crippen molar-refractivity contribution >= 4 is 35.6 Å². The number of morpholine rings is 2. The second-order valence-corrected chi connectivity index (χ2v) is 7.42. The summed E-state index contributed by atoms with van der Waals surface area (Å²) >= 11 is 0. The Hall–Kier alpha value is -1.85. The molecule has 8 nitrogen and oxygen atoms in total. The molecule has 0 saturated carbocycles. The van der Waals surface area contributed by atoms with Crippen molar-refractivity contribution in [2.75, 3.05) is 57.9 Å². The van der Waals surface area contributed by atoms with Crippen molar-refractivity contribution < 1.29 is 9.47 Å². The maximum absolute atomic E-state index is 5.94. The Morgan fingerprint density at radius 1 is 1.17 bits per heavy atom. The van der Waals surface area contributed by atoms with Gasteiger partial charge in [-0.05, 0) is 17.7 Å². The minimum Gasteiger partial charge on any atom is -0.378 e. The van der Waals surface area contributed by atoms with Crippen LogP contribution in [0, 0.1) is 0 Å². The van der Waals surface area contributed by atoms with Crippen molar-refractivity contribution in [3.63, 3.8) is 0 Å². The van der Waals surface area contributed by atoms with E-state index in [9.17, 15) is 0 Å². The lowest BCUT2D eigenvalue weighted by atomic mass is 10.1. The summed E-state index contributed by atoms with van der Waals surface area (Å²) in [7, 11) is 3.76. The third-order valence-corrected chi connectivity index (χ3v) is 5.44. The van der Waals surface area contributed by atoms with Gasteiger partial charge in [0.05, 0.1) is 32.6 Å². The second-order valence-electron chi connectivity index (χ2n) is 7.42. The average Bonchev–Trinajstić information content (AvgIpc) is 3.22. The first-order valence-corrected chi connectivity index (χ1v) is 10.2. The van der Waals surface area contributed by atoms with Gasteiger partial charge in [-0.1, -0.05) is 12.1 Å². The number of hydrogen-bond acceptors (Lipinski definition) is 5. The minimum atomic E-state index is 0. The van der Waals surface area contributed by atoms with Crippen LogP contribution in [0.4, 0.5) is 5.69 Å². The van der Waals surface area contributed by atoms with Crippen molar-refractivity contribution in [1.29, 1.82) is 0 Å². The summed E-state index contributed by atoms with van der Waals surface area (Å²) < 4.78 is 13.2. The van der Waals surface area contributed by atoms with Gasteiger partial charge >= 0.3 is 0 Å². The number of benzene rings is 1. The molecule has 30 heavy (non-hydrogen) atoms.